The van der Waals surface area contributed by atoms with Gasteiger partial charge in [0.1, 0.15) is 0 Å². The van der Waals surface area contributed by atoms with Crippen molar-refractivity contribution in [2.45, 2.75) is 64.5 Å². The highest BCUT2D eigenvalue weighted by molar-refractivity contribution is 5.08. The quantitative estimate of drug-likeness (QED) is 0.724. The van der Waals surface area contributed by atoms with Crippen LogP contribution in [0, 0.1) is 11.8 Å². The van der Waals surface area contributed by atoms with Crippen LogP contribution in [0.2, 0.25) is 0 Å². The highest BCUT2D eigenvalue weighted by Gasteiger charge is 2.42. The molecule has 0 aromatic carbocycles. The molecular formula is C14H26N2. The van der Waals surface area contributed by atoms with E-state index in [1.54, 1.807) is 0 Å². The molecule has 2 heteroatoms. The van der Waals surface area contributed by atoms with Crippen molar-refractivity contribution in [3.63, 3.8) is 0 Å². The fraction of sp³-hybridized carbons (Fsp3) is 0.857. The van der Waals surface area contributed by atoms with Crippen molar-refractivity contribution in [1.82, 2.24) is 4.90 Å². The lowest BCUT2D eigenvalue weighted by atomic mass is 9.84. The number of rotatable bonds is 5. The van der Waals surface area contributed by atoms with Crippen LogP contribution in [-0.4, -0.2) is 29.6 Å². The summed E-state index contributed by atoms with van der Waals surface area (Å²) in [5, 5.41) is 0. The summed E-state index contributed by atoms with van der Waals surface area (Å²) < 4.78 is 0. The molecule has 0 heterocycles. The van der Waals surface area contributed by atoms with Gasteiger partial charge in [-0.1, -0.05) is 26.7 Å². The van der Waals surface area contributed by atoms with E-state index in [1.165, 1.54) is 25.7 Å². The van der Waals surface area contributed by atoms with E-state index in [1.807, 2.05) is 6.92 Å². The zero-order valence-electron chi connectivity index (χ0n) is 11.1. The van der Waals surface area contributed by atoms with Crippen molar-refractivity contribution in [3.05, 3.63) is 0 Å². The SMILES string of the molecule is CC#CCC(N)C1(N(CC)CC)CCCC1. The average Bonchev–Trinajstić information content (AvgIpc) is 2.78. The molecule has 1 rings (SSSR count). The Morgan fingerprint density at radius 1 is 1.25 bits per heavy atom. The fourth-order valence-electron chi connectivity index (χ4n) is 3.16. The molecule has 0 radical (unpaired) electrons. The molecule has 2 nitrogen and oxygen atoms in total. The van der Waals surface area contributed by atoms with Gasteiger partial charge in [0, 0.05) is 18.0 Å². The molecule has 0 spiro atoms. The Labute approximate surface area is 101 Å². The second-order valence-corrected chi connectivity index (χ2v) is 4.72. The predicted octanol–water partition coefficient (Wildman–Crippen LogP) is 2.38. The van der Waals surface area contributed by atoms with Gasteiger partial charge in [-0.2, -0.15) is 0 Å². The van der Waals surface area contributed by atoms with Crippen molar-refractivity contribution in [1.29, 1.82) is 0 Å². The van der Waals surface area contributed by atoms with E-state index in [9.17, 15) is 0 Å². The van der Waals surface area contributed by atoms with Gasteiger partial charge in [-0.05, 0) is 32.9 Å². The second-order valence-electron chi connectivity index (χ2n) is 4.72. The maximum atomic E-state index is 6.41. The van der Waals surface area contributed by atoms with Crippen LogP contribution in [0.1, 0.15) is 52.9 Å². The zero-order valence-corrected chi connectivity index (χ0v) is 11.1. The molecule has 2 N–H and O–H groups in total. The first kappa shape index (κ1) is 13.5. The summed E-state index contributed by atoms with van der Waals surface area (Å²) in [4.78, 5) is 2.56. The number of nitrogens with two attached hydrogens (primary N) is 1. The van der Waals surface area contributed by atoms with E-state index in [0.29, 0.717) is 0 Å². The highest BCUT2D eigenvalue weighted by atomic mass is 15.2. The largest absolute Gasteiger partial charge is 0.325 e. The van der Waals surface area contributed by atoms with E-state index in [0.717, 1.165) is 19.5 Å². The third-order valence-electron chi connectivity index (χ3n) is 4.05. The van der Waals surface area contributed by atoms with E-state index < -0.39 is 0 Å². The monoisotopic (exact) mass is 222 g/mol. The first-order valence-electron chi connectivity index (χ1n) is 6.61. The van der Waals surface area contributed by atoms with Gasteiger partial charge in [0.05, 0.1) is 0 Å². The topological polar surface area (TPSA) is 29.3 Å². The standard InChI is InChI=1S/C14H26N2/c1-4-7-10-13(15)14(11-8-9-12-14)16(5-2)6-3/h13H,5-6,8-12,15H2,1-3H3. The third kappa shape index (κ3) is 2.59. The van der Waals surface area contributed by atoms with Crippen molar-refractivity contribution >= 4 is 0 Å². The summed E-state index contributed by atoms with van der Waals surface area (Å²) >= 11 is 0. The van der Waals surface area contributed by atoms with E-state index in [4.69, 9.17) is 5.73 Å². The molecule has 92 valence electrons. The first-order valence-corrected chi connectivity index (χ1v) is 6.61. The van der Waals surface area contributed by atoms with Crippen LogP contribution >= 0.6 is 0 Å². The molecule has 0 aliphatic heterocycles. The molecule has 1 aliphatic rings. The van der Waals surface area contributed by atoms with Gasteiger partial charge in [0.2, 0.25) is 0 Å². The molecule has 1 saturated carbocycles. The summed E-state index contributed by atoms with van der Waals surface area (Å²) in [6, 6.07) is 0.211. The fourth-order valence-corrected chi connectivity index (χ4v) is 3.16. The summed E-state index contributed by atoms with van der Waals surface area (Å²) in [5.74, 6) is 6.12. The maximum absolute atomic E-state index is 6.41. The Hall–Kier alpha value is -0.520. The molecule has 0 bridgehead atoms. The Morgan fingerprint density at radius 3 is 2.25 bits per heavy atom. The van der Waals surface area contributed by atoms with Crippen LogP contribution in [0.5, 0.6) is 0 Å². The van der Waals surface area contributed by atoms with Crippen LogP contribution in [0.4, 0.5) is 0 Å². The Balaban J connectivity index is 2.80. The van der Waals surface area contributed by atoms with Crippen molar-refractivity contribution in [2.24, 2.45) is 5.73 Å². The lowest BCUT2D eigenvalue weighted by molar-refractivity contribution is 0.0787. The van der Waals surface area contributed by atoms with Gasteiger partial charge in [0.25, 0.3) is 0 Å². The van der Waals surface area contributed by atoms with E-state index in [2.05, 4.69) is 30.6 Å². The summed E-state index contributed by atoms with van der Waals surface area (Å²) in [6.07, 6.45) is 5.99. The van der Waals surface area contributed by atoms with Gasteiger partial charge >= 0.3 is 0 Å². The van der Waals surface area contributed by atoms with Gasteiger partial charge < -0.3 is 5.73 Å². The van der Waals surface area contributed by atoms with Crippen LogP contribution in [0.25, 0.3) is 0 Å². The normalized spacial score (nSPS) is 20.6. The number of hydrogen-bond donors (Lipinski definition) is 1. The number of likely N-dealkylation sites (N-methyl/N-ethyl adjacent to an activating group) is 1. The Kier molecular flexibility index (Phi) is 5.31. The van der Waals surface area contributed by atoms with Crippen molar-refractivity contribution in [2.75, 3.05) is 13.1 Å². The minimum absolute atomic E-state index is 0.211. The zero-order chi connectivity index (χ0) is 12.0. The summed E-state index contributed by atoms with van der Waals surface area (Å²) in [6.45, 7) is 8.57. The van der Waals surface area contributed by atoms with Gasteiger partial charge in [-0.25, -0.2) is 0 Å². The van der Waals surface area contributed by atoms with Crippen LogP contribution < -0.4 is 5.73 Å². The molecule has 1 fully saturated rings. The Morgan fingerprint density at radius 2 is 1.81 bits per heavy atom. The molecule has 1 atom stereocenters. The van der Waals surface area contributed by atoms with Gasteiger partial charge in [-0.15, -0.1) is 11.8 Å². The Bertz CT molecular complexity index is 252. The van der Waals surface area contributed by atoms with E-state index in [-0.39, 0.29) is 11.6 Å². The molecular weight excluding hydrogens is 196 g/mol. The van der Waals surface area contributed by atoms with Gasteiger partial charge in [0.15, 0.2) is 0 Å². The second kappa shape index (κ2) is 6.27. The summed E-state index contributed by atoms with van der Waals surface area (Å²) in [5.41, 5.74) is 6.64. The highest BCUT2D eigenvalue weighted by Crippen LogP contribution is 2.38. The molecule has 0 aromatic heterocycles. The number of hydrogen-bond acceptors (Lipinski definition) is 2. The first-order chi connectivity index (χ1) is 7.71. The predicted molar refractivity (Wildman–Crippen MR) is 70.2 cm³/mol. The smallest absolute Gasteiger partial charge is 0.0369 e. The molecule has 0 saturated heterocycles. The molecule has 1 unspecified atom stereocenters. The number of nitrogens with zero attached hydrogens (tertiary/aromatic N) is 1. The lowest BCUT2D eigenvalue weighted by Gasteiger charge is -2.44. The lowest BCUT2D eigenvalue weighted by Crippen LogP contribution is -2.58. The van der Waals surface area contributed by atoms with E-state index >= 15 is 0 Å². The average molecular weight is 222 g/mol. The van der Waals surface area contributed by atoms with Crippen LogP contribution in [0.15, 0.2) is 0 Å². The molecule has 16 heavy (non-hydrogen) atoms. The molecule has 0 aromatic rings. The van der Waals surface area contributed by atoms with Gasteiger partial charge in [-0.3, -0.25) is 4.90 Å². The van der Waals surface area contributed by atoms with Crippen molar-refractivity contribution < 1.29 is 0 Å². The van der Waals surface area contributed by atoms with Crippen molar-refractivity contribution in [3.8, 4) is 11.8 Å². The molecule has 1 aliphatic carbocycles. The maximum Gasteiger partial charge on any atom is 0.0369 e. The minimum atomic E-state index is 0.211. The molecule has 0 amide bonds. The third-order valence-corrected chi connectivity index (χ3v) is 4.05. The van der Waals surface area contributed by atoms with Crippen LogP contribution in [-0.2, 0) is 0 Å². The summed E-state index contributed by atoms with van der Waals surface area (Å²) in [7, 11) is 0. The van der Waals surface area contributed by atoms with Crippen LogP contribution in [0.3, 0.4) is 0 Å². The minimum Gasteiger partial charge on any atom is -0.325 e.